The number of rotatable bonds is 6. The molecule has 0 saturated heterocycles. The van der Waals surface area contributed by atoms with E-state index in [-0.39, 0.29) is 5.38 Å². The number of halogens is 2. The normalized spacial score (nSPS) is 16.4. The summed E-state index contributed by atoms with van der Waals surface area (Å²) in [7, 11) is 0. The molecule has 0 aliphatic heterocycles. The third-order valence-corrected chi connectivity index (χ3v) is 2.60. The Balaban J connectivity index is 3.10. The number of hydrogen-bond donors (Lipinski definition) is 1. The molecule has 0 aliphatic carbocycles. The zero-order chi connectivity index (χ0) is 8.69. The van der Waals surface area contributed by atoms with Crippen LogP contribution in [0.5, 0.6) is 0 Å². The first kappa shape index (κ1) is 11.5. The first-order chi connectivity index (χ1) is 5.18. The molecule has 0 amide bonds. The standard InChI is InChI=1S/C8H17Cl2N/c1-2-3-4-5-6-7(9)8(10)11/h7-8H,2-6,11H2,1H3. The highest BCUT2D eigenvalue weighted by Gasteiger charge is 2.10. The van der Waals surface area contributed by atoms with Crippen molar-refractivity contribution in [1.29, 1.82) is 0 Å². The maximum atomic E-state index is 5.84. The lowest BCUT2D eigenvalue weighted by molar-refractivity contribution is 0.604. The number of nitrogens with two attached hydrogens (primary N) is 1. The Kier molecular flexibility index (Phi) is 7.56. The van der Waals surface area contributed by atoms with Crippen molar-refractivity contribution >= 4 is 23.2 Å². The second-order valence-corrected chi connectivity index (χ2v) is 3.87. The fraction of sp³-hybridized carbons (Fsp3) is 1.00. The molecule has 0 aromatic carbocycles. The summed E-state index contributed by atoms with van der Waals surface area (Å²) in [6, 6.07) is 0. The van der Waals surface area contributed by atoms with Gasteiger partial charge < -0.3 is 5.73 Å². The molecule has 0 aromatic rings. The fourth-order valence-electron chi connectivity index (χ4n) is 0.925. The van der Waals surface area contributed by atoms with Crippen LogP contribution in [0.1, 0.15) is 39.0 Å². The summed E-state index contributed by atoms with van der Waals surface area (Å²) in [6.07, 6.45) is 5.85. The molecule has 0 aliphatic rings. The molecule has 0 rings (SSSR count). The number of unbranched alkanes of at least 4 members (excludes halogenated alkanes) is 3. The third-order valence-electron chi connectivity index (χ3n) is 1.68. The molecule has 0 saturated carbocycles. The SMILES string of the molecule is CCCCCCC(Cl)C(N)Cl. The molecule has 0 aromatic heterocycles. The van der Waals surface area contributed by atoms with Crippen LogP contribution in [-0.2, 0) is 0 Å². The van der Waals surface area contributed by atoms with Crippen molar-refractivity contribution < 1.29 is 0 Å². The molecule has 0 radical (unpaired) electrons. The van der Waals surface area contributed by atoms with E-state index in [9.17, 15) is 0 Å². The van der Waals surface area contributed by atoms with Gasteiger partial charge in [-0.15, -0.1) is 23.2 Å². The lowest BCUT2D eigenvalue weighted by Crippen LogP contribution is -2.24. The van der Waals surface area contributed by atoms with Crippen LogP contribution in [0.15, 0.2) is 0 Å². The molecule has 1 nitrogen and oxygen atoms in total. The van der Waals surface area contributed by atoms with Crippen molar-refractivity contribution in [3.8, 4) is 0 Å². The summed E-state index contributed by atoms with van der Waals surface area (Å²) >= 11 is 11.4. The predicted molar refractivity (Wildman–Crippen MR) is 52.2 cm³/mol. The summed E-state index contributed by atoms with van der Waals surface area (Å²) in [5, 5.41) is -0.0616. The van der Waals surface area contributed by atoms with E-state index in [0.29, 0.717) is 0 Å². The second-order valence-electron chi connectivity index (χ2n) is 2.81. The minimum atomic E-state index is -0.390. The van der Waals surface area contributed by atoms with Crippen LogP contribution in [0.4, 0.5) is 0 Å². The van der Waals surface area contributed by atoms with Gasteiger partial charge in [0.1, 0.15) is 0 Å². The van der Waals surface area contributed by atoms with Gasteiger partial charge in [-0.1, -0.05) is 32.6 Å². The van der Waals surface area contributed by atoms with Crippen LogP contribution in [-0.4, -0.2) is 10.9 Å². The Morgan fingerprint density at radius 1 is 1.18 bits per heavy atom. The Hall–Kier alpha value is 0.540. The van der Waals surface area contributed by atoms with E-state index in [0.717, 1.165) is 12.8 Å². The van der Waals surface area contributed by atoms with Gasteiger partial charge in [0.05, 0.1) is 10.9 Å². The van der Waals surface area contributed by atoms with Crippen molar-refractivity contribution in [3.05, 3.63) is 0 Å². The van der Waals surface area contributed by atoms with E-state index in [1.54, 1.807) is 0 Å². The highest BCUT2D eigenvalue weighted by atomic mass is 35.5. The zero-order valence-electron chi connectivity index (χ0n) is 7.02. The first-order valence-corrected chi connectivity index (χ1v) is 5.09. The summed E-state index contributed by atoms with van der Waals surface area (Å²) in [6.45, 7) is 2.19. The van der Waals surface area contributed by atoms with Gasteiger partial charge in [-0.3, -0.25) is 0 Å². The van der Waals surface area contributed by atoms with Crippen molar-refractivity contribution in [1.82, 2.24) is 0 Å². The van der Waals surface area contributed by atoms with Gasteiger partial charge in [-0.2, -0.15) is 0 Å². The van der Waals surface area contributed by atoms with Crippen LogP contribution < -0.4 is 5.73 Å². The van der Waals surface area contributed by atoms with Crippen molar-refractivity contribution in [2.45, 2.75) is 49.9 Å². The molecule has 0 fully saturated rings. The van der Waals surface area contributed by atoms with E-state index in [4.69, 9.17) is 28.9 Å². The molecule has 0 spiro atoms. The van der Waals surface area contributed by atoms with E-state index in [2.05, 4.69) is 6.92 Å². The lowest BCUT2D eigenvalue weighted by atomic mass is 10.1. The maximum Gasteiger partial charge on any atom is 0.0966 e. The molecular weight excluding hydrogens is 181 g/mol. The largest absolute Gasteiger partial charge is 0.314 e. The average Bonchev–Trinajstić information content (AvgIpc) is 1.97. The number of alkyl halides is 2. The van der Waals surface area contributed by atoms with E-state index < -0.39 is 5.50 Å². The number of hydrogen-bond acceptors (Lipinski definition) is 1. The highest BCUT2D eigenvalue weighted by Crippen LogP contribution is 2.14. The van der Waals surface area contributed by atoms with Gasteiger partial charge in [0, 0.05) is 0 Å². The van der Waals surface area contributed by atoms with Crippen LogP contribution in [0.2, 0.25) is 0 Å². The summed E-state index contributed by atoms with van der Waals surface area (Å²) in [4.78, 5) is 0. The highest BCUT2D eigenvalue weighted by molar-refractivity contribution is 6.29. The molecule has 3 heteroatoms. The summed E-state index contributed by atoms with van der Waals surface area (Å²) in [5.41, 5.74) is 4.99. The quantitative estimate of drug-likeness (QED) is 0.396. The Morgan fingerprint density at radius 2 is 1.82 bits per heavy atom. The molecule has 0 bridgehead atoms. The predicted octanol–water partition coefficient (Wildman–Crippen LogP) is 3.09. The molecular formula is C8H17Cl2N. The van der Waals surface area contributed by atoms with Gasteiger partial charge in [-0.05, 0) is 6.42 Å². The third kappa shape index (κ3) is 6.92. The van der Waals surface area contributed by atoms with Crippen molar-refractivity contribution in [2.75, 3.05) is 0 Å². The Labute approximate surface area is 79.2 Å². The van der Waals surface area contributed by atoms with Gasteiger partial charge in [-0.25, -0.2) is 0 Å². The van der Waals surface area contributed by atoms with E-state index >= 15 is 0 Å². The molecule has 68 valence electrons. The van der Waals surface area contributed by atoms with Crippen LogP contribution >= 0.6 is 23.2 Å². The lowest BCUT2D eigenvalue weighted by Gasteiger charge is -2.10. The molecule has 2 N–H and O–H groups in total. The topological polar surface area (TPSA) is 26.0 Å². The van der Waals surface area contributed by atoms with Gasteiger partial charge >= 0.3 is 0 Å². The Bertz CT molecular complexity index is 86.2. The smallest absolute Gasteiger partial charge is 0.0966 e. The summed E-state index contributed by atoms with van der Waals surface area (Å²) < 4.78 is 0. The average molecular weight is 198 g/mol. The van der Waals surface area contributed by atoms with Crippen molar-refractivity contribution in [3.63, 3.8) is 0 Å². The minimum Gasteiger partial charge on any atom is -0.314 e. The molecule has 2 unspecified atom stereocenters. The first-order valence-electron chi connectivity index (χ1n) is 4.22. The van der Waals surface area contributed by atoms with Gasteiger partial charge in [0.15, 0.2) is 0 Å². The zero-order valence-corrected chi connectivity index (χ0v) is 8.54. The van der Waals surface area contributed by atoms with E-state index in [1.165, 1.54) is 19.3 Å². The van der Waals surface area contributed by atoms with Crippen LogP contribution in [0, 0.1) is 0 Å². The van der Waals surface area contributed by atoms with Crippen LogP contribution in [0.3, 0.4) is 0 Å². The maximum absolute atomic E-state index is 5.84. The minimum absolute atomic E-state index is 0.0616. The van der Waals surface area contributed by atoms with Crippen molar-refractivity contribution in [2.24, 2.45) is 5.73 Å². The Morgan fingerprint density at radius 3 is 2.27 bits per heavy atom. The fourth-order valence-corrected chi connectivity index (χ4v) is 1.21. The summed E-state index contributed by atoms with van der Waals surface area (Å²) in [5.74, 6) is 0. The van der Waals surface area contributed by atoms with E-state index in [1.807, 2.05) is 0 Å². The van der Waals surface area contributed by atoms with Gasteiger partial charge in [0.25, 0.3) is 0 Å². The second kappa shape index (κ2) is 7.20. The molecule has 11 heavy (non-hydrogen) atoms. The van der Waals surface area contributed by atoms with Crippen LogP contribution in [0.25, 0.3) is 0 Å². The van der Waals surface area contributed by atoms with Gasteiger partial charge in [0.2, 0.25) is 0 Å². The monoisotopic (exact) mass is 197 g/mol. The molecule has 2 atom stereocenters. The molecule has 0 heterocycles.